The minimum atomic E-state index is -0.233. The van der Waals surface area contributed by atoms with E-state index >= 15 is 0 Å². The predicted molar refractivity (Wildman–Crippen MR) is 90.8 cm³/mol. The smallest absolute Gasteiger partial charge is 0.133 e. The topological polar surface area (TPSA) is 24.9 Å². The lowest BCUT2D eigenvalue weighted by molar-refractivity contribution is 0.634. The van der Waals surface area contributed by atoms with Gasteiger partial charge >= 0.3 is 0 Å². The first kappa shape index (κ1) is 13.7. The van der Waals surface area contributed by atoms with Gasteiger partial charge in [0.25, 0.3) is 0 Å². The van der Waals surface area contributed by atoms with Gasteiger partial charge < -0.3 is 5.32 Å². The molecule has 1 N–H and O–H groups in total. The van der Waals surface area contributed by atoms with Crippen LogP contribution in [-0.4, -0.2) is 11.5 Å². The van der Waals surface area contributed by atoms with Gasteiger partial charge in [-0.1, -0.05) is 40.2 Å². The van der Waals surface area contributed by atoms with Crippen LogP contribution < -0.4 is 5.32 Å². The summed E-state index contributed by atoms with van der Waals surface area (Å²) in [5.74, 6) is 1.01. The zero-order valence-corrected chi connectivity index (χ0v) is 13.4. The zero-order chi connectivity index (χ0) is 15.1. The molecule has 0 amide bonds. The molecule has 1 heterocycles. The highest BCUT2D eigenvalue weighted by Crippen LogP contribution is 2.35. The Morgan fingerprint density at radius 3 is 2.91 bits per heavy atom. The molecule has 1 aromatic heterocycles. The average Bonchev–Trinajstić information content (AvgIpc) is 2.48. The minimum absolute atomic E-state index is 0.233. The quantitative estimate of drug-likeness (QED) is 0.722. The van der Waals surface area contributed by atoms with E-state index in [1.54, 1.807) is 12.3 Å². The van der Waals surface area contributed by atoms with Crippen molar-refractivity contribution in [3.63, 3.8) is 0 Å². The molecule has 1 aliphatic carbocycles. The summed E-state index contributed by atoms with van der Waals surface area (Å²) in [5.41, 5.74) is 2.83. The number of halogens is 2. The first-order valence-electron chi connectivity index (χ1n) is 7.28. The van der Waals surface area contributed by atoms with Crippen molar-refractivity contribution in [3.8, 4) is 0 Å². The Morgan fingerprint density at radius 2 is 2.05 bits per heavy atom. The van der Waals surface area contributed by atoms with E-state index in [1.807, 2.05) is 6.07 Å². The van der Waals surface area contributed by atoms with E-state index in [2.05, 4.69) is 50.5 Å². The second-order valence-corrected chi connectivity index (χ2v) is 6.54. The average molecular weight is 357 g/mol. The van der Waals surface area contributed by atoms with E-state index in [0.717, 1.165) is 28.6 Å². The zero-order valence-electron chi connectivity index (χ0n) is 11.8. The number of benzene rings is 2. The fourth-order valence-corrected chi connectivity index (χ4v) is 3.54. The van der Waals surface area contributed by atoms with E-state index in [4.69, 9.17) is 0 Å². The maximum Gasteiger partial charge on any atom is 0.133 e. The van der Waals surface area contributed by atoms with Crippen molar-refractivity contribution in [3.05, 3.63) is 70.1 Å². The van der Waals surface area contributed by atoms with Crippen molar-refractivity contribution in [1.29, 1.82) is 0 Å². The molecule has 0 aliphatic heterocycles. The maximum absolute atomic E-state index is 14.0. The molecular weight excluding hydrogens is 343 g/mol. The Hall–Kier alpha value is -1.94. The fourth-order valence-electron chi connectivity index (χ4n) is 3.11. The van der Waals surface area contributed by atoms with Gasteiger partial charge in [-0.15, -0.1) is 0 Å². The number of rotatable bonds is 3. The van der Waals surface area contributed by atoms with Gasteiger partial charge in [0.2, 0.25) is 0 Å². The van der Waals surface area contributed by atoms with Crippen LogP contribution in [-0.2, 0) is 6.42 Å². The summed E-state index contributed by atoms with van der Waals surface area (Å²) in [5, 5.41) is 4.79. The molecule has 0 saturated heterocycles. The molecule has 0 fully saturated rings. The number of hydrogen-bond acceptors (Lipinski definition) is 2. The second-order valence-electron chi connectivity index (χ2n) is 5.62. The van der Waals surface area contributed by atoms with Crippen LogP contribution >= 0.6 is 15.9 Å². The Labute approximate surface area is 136 Å². The molecule has 1 unspecified atom stereocenters. The fraction of sp³-hybridized carbons (Fsp3) is 0.167. The van der Waals surface area contributed by atoms with Crippen molar-refractivity contribution in [2.75, 3.05) is 11.9 Å². The second kappa shape index (κ2) is 5.36. The van der Waals surface area contributed by atoms with Crippen LogP contribution in [0.15, 0.2) is 53.1 Å². The first-order chi connectivity index (χ1) is 10.7. The molecule has 1 aliphatic rings. The molecule has 0 spiro atoms. The van der Waals surface area contributed by atoms with Gasteiger partial charge in [0.1, 0.15) is 11.6 Å². The molecule has 0 bridgehead atoms. The van der Waals surface area contributed by atoms with Gasteiger partial charge in [0, 0.05) is 33.9 Å². The molecule has 4 heteroatoms. The Balaban J connectivity index is 1.61. The van der Waals surface area contributed by atoms with Gasteiger partial charge in [-0.05, 0) is 35.7 Å². The van der Waals surface area contributed by atoms with Crippen LogP contribution in [0.2, 0.25) is 0 Å². The third-order valence-corrected chi connectivity index (χ3v) is 4.73. The summed E-state index contributed by atoms with van der Waals surface area (Å²) in [6.07, 6.45) is 2.74. The van der Waals surface area contributed by atoms with Crippen LogP contribution in [0.3, 0.4) is 0 Å². The van der Waals surface area contributed by atoms with Crippen molar-refractivity contribution < 1.29 is 4.39 Å². The predicted octanol–water partition coefficient (Wildman–Crippen LogP) is 4.89. The summed E-state index contributed by atoms with van der Waals surface area (Å²) >= 11 is 3.35. The third kappa shape index (κ3) is 2.28. The van der Waals surface area contributed by atoms with E-state index in [0.29, 0.717) is 11.3 Å². The molecule has 0 radical (unpaired) electrons. The number of nitrogens with zero attached hydrogens (tertiary/aromatic N) is 1. The van der Waals surface area contributed by atoms with E-state index < -0.39 is 0 Å². The molecule has 2 aromatic carbocycles. The number of anilines is 1. The largest absolute Gasteiger partial charge is 0.369 e. The number of aromatic nitrogens is 1. The molecule has 0 saturated carbocycles. The standard InChI is InChI=1S/C18H14BrFN2/c19-13-8-16-15(17(20)9-13)5-6-21-18(16)22-10-12-7-11-3-1-2-4-14(11)12/h1-6,8-9,12H,7,10H2,(H,21,22). The Kier molecular flexibility index (Phi) is 3.34. The summed E-state index contributed by atoms with van der Waals surface area (Å²) in [6, 6.07) is 13.6. The molecule has 3 aromatic rings. The lowest BCUT2D eigenvalue weighted by Crippen LogP contribution is -2.24. The molecule has 110 valence electrons. The SMILES string of the molecule is Fc1cc(Br)cc2c(NCC3Cc4ccccc43)nccc12. The number of pyridine rings is 1. The van der Waals surface area contributed by atoms with Gasteiger partial charge in [0.05, 0.1) is 0 Å². The maximum atomic E-state index is 14.0. The number of fused-ring (bicyclic) bond motifs is 2. The normalized spacial score (nSPS) is 16.2. The van der Waals surface area contributed by atoms with Gasteiger partial charge in [-0.25, -0.2) is 9.37 Å². The van der Waals surface area contributed by atoms with Crippen molar-refractivity contribution in [1.82, 2.24) is 4.98 Å². The monoisotopic (exact) mass is 356 g/mol. The molecule has 22 heavy (non-hydrogen) atoms. The summed E-state index contributed by atoms with van der Waals surface area (Å²) in [4.78, 5) is 4.38. The summed E-state index contributed by atoms with van der Waals surface area (Å²) in [6.45, 7) is 0.817. The van der Waals surface area contributed by atoms with Crippen LogP contribution in [0.25, 0.3) is 10.8 Å². The number of hydrogen-bond donors (Lipinski definition) is 1. The van der Waals surface area contributed by atoms with Crippen molar-refractivity contribution in [2.45, 2.75) is 12.3 Å². The summed E-state index contributed by atoms with van der Waals surface area (Å²) in [7, 11) is 0. The van der Waals surface area contributed by atoms with Crippen LogP contribution in [0.4, 0.5) is 10.2 Å². The van der Waals surface area contributed by atoms with E-state index in [-0.39, 0.29) is 5.82 Å². The van der Waals surface area contributed by atoms with Crippen LogP contribution in [0.5, 0.6) is 0 Å². The van der Waals surface area contributed by atoms with Crippen LogP contribution in [0, 0.1) is 5.82 Å². The lowest BCUT2D eigenvalue weighted by atomic mass is 9.77. The van der Waals surface area contributed by atoms with Crippen molar-refractivity contribution >= 4 is 32.5 Å². The molecule has 4 rings (SSSR count). The highest BCUT2D eigenvalue weighted by Gasteiger charge is 2.25. The molecule has 1 atom stereocenters. The first-order valence-corrected chi connectivity index (χ1v) is 8.07. The van der Waals surface area contributed by atoms with Gasteiger partial charge in [-0.3, -0.25) is 0 Å². The van der Waals surface area contributed by atoms with Gasteiger partial charge in [-0.2, -0.15) is 0 Å². The van der Waals surface area contributed by atoms with E-state index in [1.165, 1.54) is 17.2 Å². The molecular formula is C18H14BrFN2. The van der Waals surface area contributed by atoms with Crippen molar-refractivity contribution in [2.24, 2.45) is 0 Å². The minimum Gasteiger partial charge on any atom is -0.369 e. The van der Waals surface area contributed by atoms with Gasteiger partial charge in [0.15, 0.2) is 0 Å². The highest BCUT2D eigenvalue weighted by molar-refractivity contribution is 9.10. The Bertz CT molecular complexity index is 863. The number of nitrogens with one attached hydrogen (secondary N) is 1. The lowest BCUT2D eigenvalue weighted by Gasteiger charge is -2.30. The van der Waals surface area contributed by atoms with Crippen LogP contribution in [0.1, 0.15) is 17.0 Å². The molecule has 2 nitrogen and oxygen atoms in total. The third-order valence-electron chi connectivity index (χ3n) is 4.27. The Morgan fingerprint density at radius 1 is 1.18 bits per heavy atom. The van der Waals surface area contributed by atoms with E-state index in [9.17, 15) is 4.39 Å². The summed E-state index contributed by atoms with van der Waals surface area (Å²) < 4.78 is 14.7. The highest BCUT2D eigenvalue weighted by atomic mass is 79.9.